The quantitative estimate of drug-likeness (QED) is 0.692. The number of rotatable bonds is 3. The molecule has 64 valence electrons. The van der Waals surface area contributed by atoms with Crippen molar-refractivity contribution in [2.75, 3.05) is 0 Å². The van der Waals surface area contributed by atoms with E-state index in [1.165, 1.54) is 6.20 Å². The monoisotopic (exact) mass is 166 g/mol. The summed E-state index contributed by atoms with van der Waals surface area (Å²) in [6.07, 6.45) is 1.87. The van der Waals surface area contributed by atoms with Crippen LogP contribution in [0.25, 0.3) is 0 Å². The van der Waals surface area contributed by atoms with Crippen molar-refractivity contribution in [3.63, 3.8) is 0 Å². The summed E-state index contributed by atoms with van der Waals surface area (Å²) in [6.45, 7) is 1.72. The molecule has 0 amide bonds. The normalized spacial score (nSPS) is 12.4. The smallest absolute Gasteiger partial charge is 0.133 e. The molecule has 0 saturated heterocycles. The van der Waals surface area contributed by atoms with Gasteiger partial charge >= 0.3 is 0 Å². The van der Waals surface area contributed by atoms with Crippen molar-refractivity contribution in [2.24, 2.45) is 5.18 Å². The fourth-order valence-corrected chi connectivity index (χ4v) is 0.877. The molecule has 12 heavy (non-hydrogen) atoms. The lowest BCUT2D eigenvalue weighted by Crippen LogP contribution is -2.02. The first-order chi connectivity index (χ1) is 5.72. The van der Waals surface area contributed by atoms with Crippen LogP contribution >= 0.6 is 0 Å². The highest BCUT2D eigenvalue weighted by Crippen LogP contribution is 2.08. The van der Waals surface area contributed by atoms with Crippen LogP contribution in [0.1, 0.15) is 12.6 Å². The lowest BCUT2D eigenvalue weighted by Gasteiger charge is -2.00. The molecule has 1 N–H and O–H groups in total. The van der Waals surface area contributed by atoms with Gasteiger partial charge in [0.05, 0.1) is 12.2 Å². The molecule has 1 unspecified atom stereocenters. The first-order valence-electron chi connectivity index (χ1n) is 3.68. The highest BCUT2D eigenvalue weighted by molar-refractivity contribution is 5.18. The fraction of sp³-hybridized carbons (Fsp3) is 0.375. The van der Waals surface area contributed by atoms with Gasteiger partial charge in [0, 0.05) is 12.1 Å². The van der Waals surface area contributed by atoms with E-state index in [9.17, 15) is 4.91 Å². The van der Waals surface area contributed by atoms with Gasteiger partial charge in [-0.05, 0) is 19.1 Å². The van der Waals surface area contributed by atoms with Crippen molar-refractivity contribution in [3.8, 4) is 5.75 Å². The van der Waals surface area contributed by atoms with Gasteiger partial charge in [0.25, 0.3) is 0 Å². The Morgan fingerprint density at radius 2 is 2.42 bits per heavy atom. The number of nitroso groups, excluding NO2 is 1. The Hall–Kier alpha value is -1.45. The van der Waals surface area contributed by atoms with E-state index in [0.717, 1.165) is 5.69 Å². The average Bonchev–Trinajstić information content (AvgIpc) is 2.09. The zero-order valence-electron chi connectivity index (χ0n) is 6.77. The van der Waals surface area contributed by atoms with Crippen molar-refractivity contribution >= 4 is 0 Å². The summed E-state index contributed by atoms with van der Waals surface area (Å²) in [5.41, 5.74) is 0.764. The Balaban J connectivity index is 2.64. The molecule has 0 fully saturated rings. The van der Waals surface area contributed by atoms with E-state index in [1.54, 1.807) is 19.1 Å². The van der Waals surface area contributed by atoms with Gasteiger partial charge in [-0.1, -0.05) is 5.18 Å². The molecule has 1 aromatic heterocycles. The Labute approximate surface area is 70.2 Å². The molecular weight excluding hydrogens is 156 g/mol. The minimum Gasteiger partial charge on any atom is -0.506 e. The average molecular weight is 166 g/mol. The summed E-state index contributed by atoms with van der Waals surface area (Å²) in [5.74, 6) is 0.130. The molecule has 0 aliphatic rings. The molecule has 0 bridgehead atoms. The second-order valence-corrected chi connectivity index (χ2v) is 2.67. The van der Waals surface area contributed by atoms with E-state index < -0.39 is 0 Å². The molecule has 1 aromatic rings. The Bertz CT molecular complexity index is 258. The molecule has 4 nitrogen and oxygen atoms in total. The standard InChI is InChI=1S/C8H10N2O2/c1-6(10-12)4-7-2-3-8(11)5-9-7/h2-3,5-6,11H,4H2,1H3. The van der Waals surface area contributed by atoms with Gasteiger partial charge in [-0.25, -0.2) is 0 Å². The second kappa shape index (κ2) is 3.80. The number of hydrogen-bond donors (Lipinski definition) is 1. The Morgan fingerprint density at radius 1 is 1.67 bits per heavy atom. The van der Waals surface area contributed by atoms with Crippen molar-refractivity contribution in [1.82, 2.24) is 4.98 Å². The Morgan fingerprint density at radius 3 is 2.92 bits per heavy atom. The van der Waals surface area contributed by atoms with Crippen molar-refractivity contribution in [3.05, 3.63) is 28.9 Å². The van der Waals surface area contributed by atoms with Gasteiger partial charge in [-0.2, -0.15) is 4.91 Å². The number of hydrogen-bond acceptors (Lipinski definition) is 4. The predicted octanol–water partition coefficient (Wildman–Crippen LogP) is 1.48. The third-order valence-corrected chi connectivity index (χ3v) is 1.49. The molecule has 0 aliphatic carbocycles. The van der Waals surface area contributed by atoms with E-state index in [2.05, 4.69) is 10.2 Å². The van der Waals surface area contributed by atoms with E-state index in [1.807, 2.05) is 0 Å². The highest BCUT2D eigenvalue weighted by atomic mass is 16.3. The molecule has 0 aliphatic heterocycles. The van der Waals surface area contributed by atoms with Crippen molar-refractivity contribution in [2.45, 2.75) is 19.4 Å². The SMILES string of the molecule is CC(Cc1ccc(O)cn1)N=O. The van der Waals surface area contributed by atoms with Crippen LogP contribution in [-0.2, 0) is 6.42 Å². The number of aromatic hydroxyl groups is 1. The van der Waals surface area contributed by atoms with Crippen molar-refractivity contribution < 1.29 is 5.11 Å². The van der Waals surface area contributed by atoms with Crippen LogP contribution in [0.5, 0.6) is 5.75 Å². The minimum atomic E-state index is -0.262. The third-order valence-electron chi connectivity index (χ3n) is 1.49. The first-order valence-corrected chi connectivity index (χ1v) is 3.68. The molecule has 1 atom stereocenters. The minimum absolute atomic E-state index is 0.130. The summed E-state index contributed by atoms with van der Waals surface area (Å²) in [5, 5.41) is 11.8. The summed E-state index contributed by atoms with van der Waals surface area (Å²) in [6, 6.07) is 2.96. The Kier molecular flexibility index (Phi) is 2.74. The maximum absolute atomic E-state index is 10.0. The lowest BCUT2D eigenvalue weighted by molar-refractivity contribution is 0.472. The number of nitrogens with zero attached hydrogens (tertiary/aromatic N) is 2. The summed E-state index contributed by atoms with van der Waals surface area (Å²) >= 11 is 0. The van der Waals surface area contributed by atoms with Gasteiger partial charge in [-0.3, -0.25) is 4.98 Å². The van der Waals surface area contributed by atoms with Crippen LogP contribution in [0.15, 0.2) is 23.5 Å². The lowest BCUT2D eigenvalue weighted by atomic mass is 10.2. The molecule has 0 aromatic carbocycles. The third kappa shape index (κ3) is 2.30. The van der Waals surface area contributed by atoms with Crippen LogP contribution in [0.3, 0.4) is 0 Å². The predicted molar refractivity (Wildman–Crippen MR) is 44.9 cm³/mol. The van der Waals surface area contributed by atoms with Crippen LogP contribution in [0, 0.1) is 4.91 Å². The van der Waals surface area contributed by atoms with E-state index in [0.29, 0.717) is 6.42 Å². The van der Waals surface area contributed by atoms with Gasteiger partial charge in [0.1, 0.15) is 5.75 Å². The van der Waals surface area contributed by atoms with Crippen molar-refractivity contribution in [1.29, 1.82) is 0 Å². The van der Waals surface area contributed by atoms with Gasteiger partial charge < -0.3 is 5.11 Å². The molecule has 0 spiro atoms. The topological polar surface area (TPSA) is 62.6 Å². The largest absolute Gasteiger partial charge is 0.506 e. The zero-order chi connectivity index (χ0) is 8.97. The summed E-state index contributed by atoms with van der Waals surface area (Å²) < 4.78 is 0. The summed E-state index contributed by atoms with van der Waals surface area (Å²) in [7, 11) is 0. The van der Waals surface area contributed by atoms with E-state index in [-0.39, 0.29) is 11.8 Å². The van der Waals surface area contributed by atoms with Crippen LogP contribution in [-0.4, -0.2) is 16.1 Å². The number of aromatic nitrogens is 1. The second-order valence-electron chi connectivity index (χ2n) is 2.67. The number of pyridine rings is 1. The van der Waals surface area contributed by atoms with E-state index in [4.69, 9.17) is 5.11 Å². The van der Waals surface area contributed by atoms with Gasteiger partial charge in [0.15, 0.2) is 0 Å². The summed E-state index contributed by atoms with van der Waals surface area (Å²) in [4.78, 5) is 14.0. The molecule has 0 radical (unpaired) electrons. The van der Waals surface area contributed by atoms with Crippen LogP contribution in [0.2, 0.25) is 0 Å². The van der Waals surface area contributed by atoms with Crippen LogP contribution < -0.4 is 0 Å². The first kappa shape index (κ1) is 8.64. The van der Waals surface area contributed by atoms with Gasteiger partial charge in [-0.15, -0.1) is 0 Å². The van der Waals surface area contributed by atoms with Gasteiger partial charge in [0.2, 0.25) is 0 Å². The maximum atomic E-state index is 10.0. The molecule has 1 rings (SSSR count). The molecule has 1 heterocycles. The zero-order valence-corrected chi connectivity index (χ0v) is 6.77. The molecule has 0 saturated carbocycles. The highest BCUT2D eigenvalue weighted by Gasteiger charge is 2.03. The molecular formula is C8H10N2O2. The van der Waals surface area contributed by atoms with Crippen LogP contribution in [0.4, 0.5) is 0 Å². The van der Waals surface area contributed by atoms with E-state index >= 15 is 0 Å². The fourth-order valence-electron chi connectivity index (χ4n) is 0.877. The maximum Gasteiger partial charge on any atom is 0.133 e. The molecule has 4 heteroatoms.